The number of halogens is 1. The molecule has 0 bridgehead atoms. The summed E-state index contributed by atoms with van der Waals surface area (Å²) >= 11 is 0. The topological polar surface area (TPSA) is 94.6 Å². The minimum absolute atomic E-state index is 0.0258. The number of para-hydroxylation sites is 2. The Kier molecular flexibility index (Phi) is 5.17. The van der Waals surface area contributed by atoms with E-state index >= 15 is 4.39 Å². The van der Waals surface area contributed by atoms with E-state index in [1.165, 1.54) is 6.07 Å². The first-order valence-corrected chi connectivity index (χ1v) is 11.8. The largest absolute Gasteiger partial charge is 0.462 e. The summed E-state index contributed by atoms with van der Waals surface area (Å²) in [4.78, 5) is 41.6. The minimum atomic E-state index is -0.747. The molecule has 0 N–H and O–H groups in total. The monoisotopic (exact) mass is 486 g/mol. The summed E-state index contributed by atoms with van der Waals surface area (Å²) < 4.78 is 24.2. The zero-order valence-corrected chi connectivity index (χ0v) is 19.8. The van der Waals surface area contributed by atoms with Gasteiger partial charge >= 0.3 is 5.97 Å². The number of hydrogen-bond acceptors (Lipinski definition) is 7. The van der Waals surface area contributed by atoms with E-state index in [4.69, 9.17) is 9.72 Å². The maximum Gasteiger partial charge on any atom is 0.345 e. The first-order valence-electron chi connectivity index (χ1n) is 11.8. The number of imidazole rings is 1. The summed E-state index contributed by atoms with van der Waals surface area (Å²) in [6.45, 7) is 2.90. The number of esters is 1. The molecular weight excluding hydrogens is 463 g/mol. The highest BCUT2D eigenvalue weighted by molar-refractivity contribution is 6.03. The van der Waals surface area contributed by atoms with Crippen LogP contribution in [0.5, 0.6) is 0 Å². The average molecular weight is 487 g/mol. The van der Waals surface area contributed by atoms with E-state index in [2.05, 4.69) is 9.97 Å². The van der Waals surface area contributed by atoms with Crippen molar-refractivity contribution in [2.75, 3.05) is 24.6 Å². The van der Waals surface area contributed by atoms with Crippen LogP contribution in [0.2, 0.25) is 0 Å². The number of ether oxygens (including phenoxy) is 1. The molecule has 5 aromatic rings. The Morgan fingerprint density at radius 1 is 1.22 bits per heavy atom. The standard InChI is InChI=1S/C26H23FN6O3/c1-3-36-26(35)21-22(34)16-12-17(27)24(32-11-8-15(14-32)18-13-28-9-10-29-18)30-23(16)33-20-7-5-4-6-19(20)31(2)25(21)33/h4-7,9-10,12-13,15H,3,8,11,14H2,1-2H3. The van der Waals surface area contributed by atoms with Crippen molar-refractivity contribution in [2.45, 2.75) is 19.3 Å². The van der Waals surface area contributed by atoms with Crippen LogP contribution < -0.4 is 10.3 Å². The second kappa shape index (κ2) is 8.40. The van der Waals surface area contributed by atoms with Crippen molar-refractivity contribution in [2.24, 2.45) is 7.05 Å². The van der Waals surface area contributed by atoms with Crippen LogP contribution in [-0.4, -0.2) is 49.6 Å². The van der Waals surface area contributed by atoms with Crippen LogP contribution >= 0.6 is 0 Å². The molecule has 36 heavy (non-hydrogen) atoms. The van der Waals surface area contributed by atoms with Crippen LogP contribution in [0, 0.1) is 5.82 Å². The molecule has 5 heterocycles. The van der Waals surface area contributed by atoms with Gasteiger partial charge in [-0.1, -0.05) is 12.1 Å². The van der Waals surface area contributed by atoms with Gasteiger partial charge in [0.15, 0.2) is 17.3 Å². The number of carbonyl (C=O) groups is 1. The maximum atomic E-state index is 15.5. The predicted octanol–water partition coefficient (Wildman–Crippen LogP) is 3.44. The number of benzene rings is 1. The van der Waals surface area contributed by atoms with Crippen LogP contribution in [-0.2, 0) is 11.8 Å². The number of rotatable bonds is 4. The number of hydrogen-bond donors (Lipinski definition) is 0. The summed E-state index contributed by atoms with van der Waals surface area (Å²) in [6.07, 6.45) is 5.79. The molecule has 0 spiro atoms. The van der Waals surface area contributed by atoms with Gasteiger partial charge in [0, 0.05) is 44.6 Å². The van der Waals surface area contributed by atoms with Gasteiger partial charge < -0.3 is 14.2 Å². The second-order valence-electron chi connectivity index (χ2n) is 8.86. The van der Waals surface area contributed by atoms with Crippen molar-refractivity contribution in [3.63, 3.8) is 0 Å². The fraction of sp³-hybridized carbons (Fsp3) is 0.269. The number of pyridine rings is 2. The molecule has 0 amide bonds. The number of anilines is 1. The highest BCUT2D eigenvalue weighted by Crippen LogP contribution is 2.32. The fourth-order valence-corrected chi connectivity index (χ4v) is 5.18. The Bertz CT molecular complexity index is 1710. The Hall–Kier alpha value is -4.34. The Morgan fingerprint density at radius 2 is 2.03 bits per heavy atom. The molecule has 0 aliphatic carbocycles. The average Bonchev–Trinajstić information content (AvgIpc) is 3.49. The first kappa shape index (κ1) is 22.1. The molecule has 1 atom stereocenters. The molecule has 10 heteroatoms. The Morgan fingerprint density at radius 3 is 2.78 bits per heavy atom. The van der Waals surface area contributed by atoms with Gasteiger partial charge in [-0.05, 0) is 31.5 Å². The molecular formula is C26H23FN6O3. The molecule has 1 saturated heterocycles. The Balaban J connectivity index is 1.60. The minimum Gasteiger partial charge on any atom is -0.462 e. The third-order valence-corrected chi connectivity index (χ3v) is 6.83. The molecule has 9 nitrogen and oxygen atoms in total. The van der Waals surface area contributed by atoms with Gasteiger partial charge in [-0.15, -0.1) is 0 Å². The van der Waals surface area contributed by atoms with Crippen LogP contribution in [0.1, 0.15) is 35.3 Å². The van der Waals surface area contributed by atoms with Crippen molar-refractivity contribution < 1.29 is 13.9 Å². The van der Waals surface area contributed by atoms with Crippen molar-refractivity contribution >= 4 is 39.5 Å². The fourth-order valence-electron chi connectivity index (χ4n) is 5.18. The van der Waals surface area contributed by atoms with Crippen molar-refractivity contribution in [1.82, 2.24) is 23.9 Å². The van der Waals surface area contributed by atoms with E-state index in [9.17, 15) is 9.59 Å². The summed E-state index contributed by atoms with van der Waals surface area (Å²) in [5.74, 6) is -1.10. The highest BCUT2D eigenvalue weighted by atomic mass is 19.1. The second-order valence-corrected chi connectivity index (χ2v) is 8.86. The van der Waals surface area contributed by atoms with Gasteiger partial charge in [-0.3, -0.25) is 19.2 Å². The molecule has 0 saturated carbocycles. The maximum absolute atomic E-state index is 15.5. The van der Waals surface area contributed by atoms with E-state index in [1.54, 1.807) is 41.5 Å². The van der Waals surface area contributed by atoms with Gasteiger partial charge in [-0.2, -0.15) is 0 Å². The van der Waals surface area contributed by atoms with Crippen LogP contribution in [0.25, 0.3) is 27.7 Å². The normalized spacial score (nSPS) is 15.9. The van der Waals surface area contributed by atoms with E-state index in [1.807, 2.05) is 29.2 Å². The summed E-state index contributed by atoms with van der Waals surface area (Å²) in [6, 6.07) is 8.70. The lowest BCUT2D eigenvalue weighted by atomic mass is 10.1. The zero-order chi connectivity index (χ0) is 25.0. The third kappa shape index (κ3) is 3.24. The SMILES string of the molecule is CCOC(=O)c1c(=O)c2cc(F)c(N3CCC(c4cnccn4)C3)nc2n2c3ccccc3n(C)c12. The van der Waals surface area contributed by atoms with E-state index in [-0.39, 0.29) is 29.3 Å². The molecule has 0 radical (unpaired) electrons. The lowest BCUT2D eigenvalue weighted by molar-refractivity contribution is 0.0526. The van der Waals surface area contributed by atoms with E-state index in [0.29, 0.717) is 24.4 Å². The van der Waals surface area contributed by atoms with Gasteiger partial charge in [0.2, 0.25) is 5.43 Å². The van der Waals surface area contributed by atoms with Gasteiger partial charge in [-0.25, -0.2) is 14.2 Å². The van der Waals surface area contributed by atoms with Crippen LogP contribution in [0.4, 0.5) is 10.2 Å². The molecule has 1 fully saturated rings. The Labute approximate surface area is 204 Å². The quantitative estimate of drug-likeness (QED) is 0.359. The number of nitrogens with zero attached hydrogens (tertiary/aromatic N) is 6. The molecule has 1 aliphatic heterocycles. The molecule has 4 aromatic heterocycles. The van der Waals surface area contributed by atoms with Crippen LogP contribution in [0.3, 0.4) is 0 Å². The summed E-state index contributed by atoms with van der Waals surface area (Å²) in [5, 5.41) is 0.0258. The molecule has 6 rings (SSSR count). The van der Waals surface area contributed by atoms with Gasteiger partial charge in [0.05, 0.1) is 28.7 Å². The van der Waals surface area contributed by atoms with Crippen molar-refractivity contribution in [3.05, 3.63) is 76.2 Å². The molecule has 1 aromatic carbocycles. The van der Waals surface area contributed by atoms with E-state index < -0.39 is 17.2 Å². The van der Waals surface area contributed by atoms with Crippen molar-refractivity contribution in [3.8, 4) is 0 Å². The third-order valence-electron chi connectivity index (χ3n) is 6.83. The van der Waals surface area contributed by atoms with Gasteiger partial charge in [0.1, 0.15) is 11.2 Å². The van der Waals surface area contributed by atoms with E-state index in [0.717, 1.165) is 23.1 Å². The van der Waals surface area contributed by atoms with Crippen molar-refractivity contribution in [1.29, 1.82) is 0 Å². The van der Waals surface area contributed by atoms with Gasteiger partial charge in [0.25, 0.3) is 0 Å². The number of carbonyl (C=O) groups excluding carboxylic acids is 1. The van der Waals surface area contributed by atoms with Crippen LogP contribution in [0.15, 0.2) is 53.7 Å². The number of fused-ring (bicyclic) bond motifs is 5. The zero-order valence-electron chi connectivity index (χ0n) is 19.8. The number of aromatic nitrogens is 5. The number of aryl methyl sites for hydroxylation is 1. The lowest BCUT2D eigenvalue weighted by Gasteiger charge is -2.19. The molecule has 182 valence electrons. The first-order chi connectivity index (χ1) is 17.5. The summed E-state index contributed by atoms with van der Waals surface area (Å²) in [5.41, 5.74) is 2.30. The summed E-state index contributed by atoms with van der Waals surface area (Å²) in [7, 11) is 1.78. The smallest absolute Gasteiger partial charge is 0.345 e. The highest BCUT2D eigenvalue weighted by Gasteiger charge is 2.30. The predicted molar refractivity (Wildman–Crippen MR) is 133 cm³/mol. The molecule has 1 aliphatic rings. The lowest BCUT2D eigenvalue weighted by Crippen LogP contribution is -2.25. The molecule has 1 unspecified atom stereocenters.